The highest BCUT2D eigenvalue weighted by Gasteiger charge is 2.32. The first kappa shape index (κ1) is 24.2. The van der Waals surface area contributed by atoms with Crippen LogP contribution in [0.15, 0.2) is 54.9 Å². The molecule has 0 aliphatic heterocycles. The normalized spacial score (nSPS) is 15.1. The summed E-state index contributed by atoms with van der Waals surface area (Å²) in [5.74, 6) is 6.45. The molecule has 1 aliphatic rings. The van der Waals surface area contributed by atoms with Crippen LogP contribution in [0.5, 0.6) is 0 Å². The molecule has 1 heterocycles. The van der Waals surface area contributed by atoms with Crippen LogP contribution in [0.4, 0.5) is 0 Å². The van der Waals surface area contributed by atoms with Gasteiger partial charge in [0.1, 0.15) is 5.60 Å². The fraction of sp³-hybridized carbons (Fsp3) is 0.406. The fourth-order valence-corrected chi connectivity index (χ4v) is 5.59. The van der Waals surface area contributed by atoms with Gasteiger partial charge in [0, 0.05) is 28.9 Å². The predicted molar refractivity (Wildman–Crippen MR) is 142 cm³/mol. The van der Waals surface area contributed by atoms with Crippen LogP contribution in [0.25, 0.3) is 11.1 Å². The smallest absolute Gasteiger partial charge is 0.125 e. The predicted octanol–water partition coefficient (Wildman–Crippen LogP) is 7.44. The van der Waals surface area contributed by atoms with Gasteiger partial charge < -0.3 is 5.11 Å². The van der Waals surface area contributed by atoms with E-state index in [9.17, 15) is 5.11 Å². The number of hydrogen-bond donors (Lipinski definition) is 1. The molecule has 3 aromatic rings. The Labute approximate surface area is 205 Å². The van der Waals surface area contributed by atoms with Crippen molar-refractivity contribution in [2.75, 3.05) is 0 Å². The maximum atomic E-state index is 10.6. The summed E-state index contributed by atoms with van der Waals surface area (Å²) in [4.78, 5) is 4.39. The monoisotopic (exact) mass is 451 g/mol. The van der Waals surface area contributed by atoms with Crippen LogP contribution in [-0.4, -0.2) is 15.7 Å². The highest BCUT2D eigenvalue weighted by Crippen LogP contribution is 2.41. The van der Waals surface area contributed by atoms with E-state index in [1.165, 1.54) is 38.9 Å². The molecule has 2 nitrogen and oxygen atoms in total. The molecule has 0 atom stereocenters. The number of pyridine rings is 1. The van der Waals surface area contributed by atoms with Crippen LogP contribution in [0.1, 0.15) is 85.8 Å². The maximum absolute atomic E-state index is 10.6. The van der Waals surface area contributed by atoms with Crippen molar-refractivity contribution in [1.29, 1.82) is 0 Å². The first-order valence-electron chi connectivity index (χ1n) is 12.7. The zero-order valence-electron chi connectivity index (χ0n) is 21.3. The molecule has 34 heavy (non-hydrogen) atoms. The zero-order chi connectivity index (χ0) is 24.3. The Balaban J connectivity index is 1.70. The van der Waals surface area contributed by atoms with Crippen molar-refractivity contribution in [3.05, 3.63) is 88.2 Å². The average molecular weight is 452 g/mol. The molecule has 4 rings (SSSR count). The summed E-state index contributed by atoms with van der Waals surface area (Å²) >= 11 is 0. The van der Waals surface area contributed by atoms with Gasteiger partial charge in [-0.1, -0.05) is 56.0 Å². The Morgan fingerprint density at radius 3 is 2.12 bits per heavy atom. The third-order valence-corrected chi connectivity index (χ3v) is 7.81. The molecule has 1 saturated carbocycles. The highest BCUT2D eigenvalue weighted by atomic mass is 16.3. The van der Waals surface area contributed by atoms with Crippen molar-refractivity contribution in [1.82, 2.24) is 4.98 Å². The molecular formula is C32H37NO. The first-order chi connectivity index (χ1) is 16.3. The summed E-state index contributed by atoms with van der Waals surface area (Å²) in [5.41, 5.74) is 8.92. The van der Waals surface area contributed by atoms with Gasteiger partial charge in [-0.25, -0.2) is 0 Å². The van der Waals surface area contributed by atoms with Crippen molar-refractivity contribution >= 4 is 0 Å². The van der Waals surface area contributed by atoms with E-state index < -0.39 is 5.60 Å². The third-order valence-electron chi connectivity index (χ3n) is 7.81. The molecule has 1 aromatic heterocycles. The van der Waals surface area contributed by atoms with Gasteiger partial charge in [-0.05, 0) is 105 Å². The molecule has 2 heteroatoms. The van der Waals surface area contributed by atoms with E-state index in [0.717, 1.165) is 44.1 Å². The molecule has 0 radical (unpaired) electrons. The first-order valence-corrected chi connectivity index (χ1v) is 12.7. The van der Waals surface area contributed by atoms with E-state index in [0.29, 0.717) is 0 Å². The lowest BCUT2D eigenvalue weighted by Crippen LogP contribution is -2.26. The Kier molecular flexibility index (Phi) is 6.96. The van der Waals surface area contributed by atoms with Gasteiger partial charge in [0.2, 0.25) is 0 Å². The molecule has 2 aromatic carbocycles. The molecule has 0 unspecified atom stereocenters. The number of rotatable bonds is 5. The number of nitrogens with zero attached hydrogens (tertiary/aromatic N) is 1. The SMILES string of the molecule is CCC(CC)(c1ccc(C#CC2(O)CCCC2)c(C)c1)c1ccc(-c2cncc(C)c2)c(C)c1. The largest absolute Gasteiger partial charge is 0.378 e. The van der Waals surface area contributed by atoms with Crippen LogP contribution in [0.3, 0.4) is 0 Å². The summed E-state index contributed by atoms with van der Waals surface area (Å²) < 4.78 is 0. The van der Waals surface area contributed by atoms with E-state index in [4.69, 9.17) is 0 Å². The molecule has 0 bridgehead atoms. The number of aryl methyl sites for hydroxylation is 3. The Morgan fingerprint density at radius 1 is 0.882 bits per heavy atom. The van der Waals surface area contributed by atoms with Gasteiger partial charge in [0.05, 0.1) is 0 Å². The van der Waals surface area contributed by atoms with E-state index in [1.807, 2.05) is 12.4 Å². The molecular weight excluding hydrogens is 414 g/mol. The van der Waals surface area contributed by atoms with Gasteiger partial charge in [-0.2, -0.15) is 0 Å². The minimum atomic E-state index is -0.798. The van der Waals surface area contributed by atoms with Crippen LogP contribution >= 0.6 is 0 Å². The van der Waals surface area contributed by atoms with E-state index in [1.54, 1.807) is 0 Å². The van der Waals surface area contributed by atoms with Gasteiger partial charge in [-0.15, -0.1) is 0 Å². The van der Waals surface area contributed by atoms with Crippen LogP contribution in [0.2, 0.25) is 0 Å². The molecule has 176 valence electrons. The number of hydrogen-bond acceptors (Lipinski definition) is 2. The minimum Gasteiger partial charge on any atom is -0.378 e. The number of aromatic nitrogens is 1. The Hall–Kier alpha value is -2.89. The Morgan fingerprint density at radius 2 is 1.53 bits per heavy atom. The lowest BCUT2D eigenvalue weighted by Gasteiger charge is -2.34. The molecule has 0 spiro atoms. The van der Waals surface area contributed by atoms with Crippen LogP contribution in [0, 0.1) is 32.6 Å². The summed E-state index contributed by atoms with van der Waals surface area (Å²) in [6.07, 6.45) is 9.62. The van der Waals surface area contributed by atoms with Crippen molar-refractivity contribution < 1.29 is 5.11 Å². The Bertz CT molecular complexity index is 1230. The summed E-state index contributed by atoms with van der Waals surface area (Å²) in [6.45, 7) is 11.0. The summed E-state index contributed by atoms with van der Waals surface area (Å²) in [5, 5.41) is 10.6. The highest BCUT2D eigenvalue weighted by molar-refractivity contribution is 5.68. The van der Waals surface area contributed by atoms with Gasteiger partial charge >= 0.3 is 0 Å². The van der Waals surface area contributed by atoms with Crippen molar-refractivity contribution in [3.63, 3.8) is 0 Å². The molecule has 1 fully saturated rings. The molecule has 0 amide bonds. The van der Waals surface area contributed by atoms with Gasteiger partial charge in [0.15, 0.2) is 0 Å². The van der Waals surface area contributed by atoms with Crippen LogP contribution in [-0.2, 0) is 5.41 Å². The molecule has 1 aliphatic carbocycles. The van der Waals surface area contributed by atoms with Gasteiger partial charge in [0.25, 0.3) is 0 Å². The second-order valence-corrected chi connectivity index (χ2v) is 10.1. The fourth-order valence-electron chi connectivity index (χ4n) is 5.59. The third kappa shape index (κ3) is 4.68. The quantitative estimate of drug-likeness (QED) is 0.409. The van der Waals surface area contributed by atoms with Crippen LogP contribution < -0.4 is 0 Å². The average Bonchev–Trinajstić information content (AvgIpc) is 3.26. The van der Waals surface area contributed by atoms with E-state index >= 15 is 0 Å². The zero-order valence-corrected chi connectivity index (χ0v) is 21.3. The lowest BCUT2D eigenvalue weighted by molar-refractivity contribution is 0.110. The van der Waals surface area contributed by atoms with E-state index in [-0.39, 0.29) is 5.41 Å². The van der Waals surface area contributed by atoms with Crippen molar-refractivity contribution in [2.45, 2.75) is 84.2 Å². The second-order valence-electron chi connectivity index (χ2n) is 10.1. The van der Waals surface area contributed by atoms with Gasteiger partial charge in [-0.3, -0.25) is 4.98 Å². The topological polar surface area (TPSA) is 33.1 Å². The minimum absolute atomic E-state index is 0.0471. The molecule has 1 N–H and O–H groups in total. The standard InChI is InChI=1S/C32H37NO/c1-6-32(7-2,29-12-13-30(25(5)20-29)27-18-23(3)21-33-22-27)28-11-10-26(24(4)19-28)14-17-31(34)15-8-9-16-31/h10-13,18-22,34H,6-9,15-16H2,1-5H3. The summed E-state index contributed by atoms with van der Waals surface area (Å²) in [6, 6.07) is 15.8. The summed E-state index contributed by atoms with van der Waals surface area (Å²) in [7, 11) is 0. The second kappa shape index (κ2) is 9.77. The number of aliphatic hydroxyl groups is 1. The van der Waals surface area contributed by atoms with Crippen molar-refractivity contribution in [2.24, 2.45) is 0 Å². The van der Waals surface area contributed by atoms with Crippen molar-refractivity contribution in [3.8, 4) is 23.0 Å². The maximum Gasteiger partial charge on any atom is 0.125 e. The lowest BCUT2D eigenvalue weighted by atomic mass is 9.69. The molecule has 0 saturated heterocycles. The van der Waals surface area contributed by atoms with E-state index in [2.05, 4.69) is 93.9 Å². The number of benzene rings is 2.